The summed E-state index contributed by atoms with van der Waals surface area (Å²) in [7, 11) is -3.96. The van der Waals surface area contributed by atoms with Crippen molar-refractivity contribution in [2.45, 2.75) is 43.6 Å². The molecule has 1 amide bonds. The Morgan fingerprint density at radius 3 is 2.65 bits per heavy atom. The predicted molar refractivity (Wildman–Crippen MR) is 75.2 cm³/mol. The lowest BCUT2D eigenvalue weighted by atomic mass is 10.2. The zero-order valence-corrected chi connectivity index (χ0v) is 12.6. The highest BCUT2D eigenvalue weighted by molar-refractivity contribution is 7.90. The monoisotopic (exact) mass is 317 g/mol. The number of nitrogens with one attached hydrogen (secondary N) is 1. The minimum Gasteiger partial charge on any atom is -0.446 e. The molecule has 1 aromatic rings. The van der Waals surface area contributed by atoms with Crippen LogP contribution in [0.1, 0.15) is 31.2 Å². The fourth-order valence-electron chi connectivity index (χ4n) is 2.23. The van der Waals surface area contributed by atoms with E-state index in [0.29, 0.717) is 10.6 Å². The second-order valence-corrected chi connectivity index (χ2v) is 6.84. The highest BCUT2D eigenvalue weighted by atomic mass is 35.5. The molecule has 20 heavy (non-hydrogen) atoms. The molecule has 0 aromatic heterocycles. The van der Waals surface area contributed by atoms with Crippen LogP contribution in [0.15, 0.2) is 23.1 Å². The molecular weight excluding hydrogens is 302 g/mol. The lowest BCUT2D eigenvalue weighted by Gasteiger charge is -2.13. The van der Waals surface area contributed by atoms with E-state index in [1.165, 1.54) is 12.1 Å². The number of carbonyl (C=O) groups is 1. The van der Waals surface area contributed by atoms with Crippen molar-refractivity contribution in [2.24, 2.45) is 0 Å². The van der Waals surface area contributed by atoms with Gasteiger partial charge in [0.2, 0.25) is 0 Å². The molecule has 0 atom stereocenters. The lowest BCUT2D eigenvalue weighted by Crippen LogP contribution is -2.33. The summed E-state index contributed by atoms with van der Waals surface area (Å²) in [6, 6.07) is 4.51. The molecule has 2 rings (SSSR count). The molecule has 0 aliphatic heterocycles. The minimum absolute atomic E-state index is 0.0200. The average molecular weight is 318 g/mol. The summed E-state index contributed by atoms with van der Waals surface area (Å²) in [5.41, 5.74) is 0.398. The van der Waals surface area contributed by atoms with Crippen LogP contribution in [0.5, 0.6) is 0 Å². The van der Waals surface area contributed by atoms with Gasteiger partial charge in [0, 0.05) is 5.02 Å². The van der Waals surface area contributed by atoms with Crippen molar-refractivity contribution in [1.82, 2.24) is 4.72 Å². The van der Waals surface area contributed by atoms with E-state index in [1.807, 2.05) is 4.72 Å². The van der Waals surface area contributed by atoms with Crippen LogP contribution in [0.25, 0.3) is 0 Å². The summed E-state index contributed by atoms with van der Waals surface area (Å²) < 4.78 is 31.2. The van der Waals surface area contributed by atoms with Gasteiger partial charge in [0.05, 0.1) is 4.90 Å². The fourth-order valence-corrected chi connectivity index (χ4v) is 3.60. The van der Waals surface area contributed by atoms with Crippen molar-refractivity contribution in [3.8, 4) is 0 Å². The molecule has 1 aliphatic rings. The van der Waals surface area contributed by atoms with Crippen molar-refractivity contribution < 1.29 is 17.9 Å². The molecule has 0 unspecified atom stereocenters. The first-order chi connectivity index (χ1) is 9.40. The van der Waals surface area contributed by atoms with Crippen LogP contribution in [0.4, 0.5) is 4.79 Å². The van der Waals surface area contributed by atoms with Crippen LogP contribution in [0.3, 0.4) is 0 Å². The van der Waals surface area contributed by atoms with Crippen molar-refractivity contribution in [3.63, 3.8) is 0 Å². The average Bonchev–Trinajstić information content (AvgIpc) is 2.84. The van der Waals surface area contributed by atoms with Gasteiger partial charge in [0.25, 0.3) is 10.0 Å². The van der Waals surface area contributed by atoms with Gasteiger partial charge in [0.15, 0.2) is 0 Å². The van der Waals surface area contributed by atoms with Gasteiger partial charge in [-0.3, -0.25) is 0 Å². The smallest absolute Gasteiger partial charge is 0.421 e. The van der Waals surface area contributed by atoms with E-state index in [2.05, 4.69) is 0 Å². The third-order valence-electron chi connectivity index (χ3n) is 3.30. The molecule has 0 bridgehead atoms. The summed E-state index contributed by atoms with van der Waals surface area (Å²) in [6.45, 7) is 1.58. The number of ether oxygens (including phenoxy) is 1. The minimum atomic E-state index is -3.96. The Morgan fingerprint density at radius 2 is 2.00 bits per heavy atom. The maximum atomic E-state index is 12.1. The van der Waals surface area contributed by atoms with Crippen LogP contribution < -0.4 is 4.72 Å². The Balaban J connectivity index is 2.10. The van der Waals surface area contributed by atoms with Gasteiger partial charge < -0.3 is 4.74 Å². The normalized spacial score (nSPS) is 16.1. The number of hydrogen-bond acceptors (Lipinski definition) is 4. The van der Waals surface area contributed by atoms with Crippen LogP contribution in [0, 0.1) is 6.92 Å². The zero-order chi connectivity index (χ0) is 14.8. The highest BCUT2D eigenvalue weighted by Gasteiger charge is 2.25. The van der Waals surface area contributed by atoms with E-state index in [-0.39, 0.29) is 11.0 Å². The third kappa shape index (κ3) is 3.43. The van der Waals surface area contributed by atoms with E-state index < -0.39 is 16.1 Å². The molecule has 1 N–H and O–H groups in total. The molecule has 0 spiro atoms. The Labute approximate surface area is 123 Å². The number of halogens is 1. The van der Waals surface area contributed by atoms with Crippen LogP contribution in [0.2, 0.25) is 5.02 Å². The SMILES string of the molecule is Cc1c(Cl)cccc1S(=O)(=O)NC(=O)OC1CCCC1. The summed E-state index contributed by atoms with van der Waals surface area (Å²) >= 11 is 5.89. The first kappa shape index (κ1) is 15.1. The summed E-state index contributed by atoms with van der Waals surface area (Å²) in [5.74, 6) is 0. The topological polar surface area (TPSA) is 72.5 Å². The first-order valence-corrected chi connectivity index (χ1v) is 8.25. The zero-order valence-electron chi connectivity index (χ0n) is 11.1. The van der Waals surface area contributed by atoms with E-state index in [0.717, 1.165) is 25.7 Å². The molecule has 0 saturated heterocycles. The van der Waals surface area contributed by atoms with Gasteiger partial charge in [-0.05, 0) is 50.3 Å². The maximum Gasteiger partial charge on any atom is 0.421 e. The summed E-state index contributed by atoms with van der Waals surface area (Å²) in [5, 5.41) is 0.331. The number of sulfonamides is 1. The number of carbonyl (C=O) groups excluding carboxylic acids is 1. The molecule has 1 aliphatic carbocycles. The van der Waals surface area contributed by atoms with Gasteiger partial charge in [-0.25, -0.2) is 17.9 Å². The number of amides is 1. The molecule has 0 radical (unpaired) electrons. The van der Waals surface area contributed by atoms with Gasteiger partial charge in [0.1, 0.15) is 6.10 Å². The second kappa shape index (κ2) is 6.01. The fraction of sp³-hybridized carbons (Fsp3) is 0.462. The summed E-state index contributed by atoms with van der Waals surface area (Å²) in [6.07, 6.45) is 2.44. The number of benzene rings is 1. The third-order valence-corrected chi connectivity index (χ3v) is 5.17. The van der Waals surface area contributed by atoms with Crippen molar-refractivity contribution in [1.29, 1.82) is 0 Å². The Kier molecular flexibility index (Phi) is 4.55. The highest BCUT2D eigenvalue weighted by Crippen LogP contribution is 2.23. The first-order valence-electron chi connectivity index (χ1n) is 6.39. The molecular formula is C13H16ClNO4S. The predicted octanol–water partition coefficient (Wildman–Crippen LogP) is 3.01. The van der Waals surface area contributed by atoms with E-state index >= 15 is 0 Å². The van der Waals surface area contributed by atoms with Gasteiger partial charge in [-0.2, -0.15) is 0 Å². The molecule has 110 valence electrons. The van der Waals surface area contributed by atoms with E-state index in [9.17, 15) is 13.2 Å². The lowest BCUT2D eigenvalue weighted by molar-refractivity contribution is 0.106. The Morgan fingerprint density at radius 1 is 1.35 bits per heavy atom. The van der Waals surface area contributed by atoms with Crippen molar-refractivity contribution >= 4 is 27.7 Å². The Bertz CT molecular complexity index is 609. The van der Waals surface area contributed by atoms with Crippen LogP contribution in [-0.2, 0) is 14.8 Å². The molecule has 1 saturated carbocycles. The molecule has 1 fully saturated rings. The van der Waals surface area contributed by atoms with Gasteiger partial charge in [-0.1, -0.05) is 17.7 Å². The van der Waals surface area contributed by atoms with E-state index in [1.54, 1.807) is 13.0 Å². The molecule has 1 aromatic carbocycles. The van der Waals surface area contributed by atoms with Gasteiger partial charge >= 0.3 is 6.09 Å². The number of hydrogen-bond donors (Lipinski definition) is 1. The van der Waals surface area contributed by atoms with Crippen LogP contribution >= 0.6 is 11.6 Å². The quantitative estimate of drug-likeness (QED) is 0.930. The molecule has 7 heteroatoms. The van der Waals surface area contributed by atoms with Gasteiger partial charge in [-0.15, -0.1) is 0 Å². The Hall–Kier alpha value is -1.27. The standard InChI is InChI=1S/C13H16ClNO4S/c1-9-11(14)7-4-8-12(9)20(17,18)15-13(16)19-10-5-2-3-6-10/h4,7-8,10H,2-3,5-6H2,1H3,(H,15,16). The number of rotatable bonds is 3. The van der Waals surface area contributed by atoms with Crippen LogP contribution in [-0.4, -0.2) is 20.6 Å². The van der Waals surface area contributed by atoms with E-state index in [4.69, 9.17) is 16.3 Å². The van der Waals surface area contributed by atoms with Crippen molar-refractivity contribution in [3.05, 3.63) is 28.8 Å². The maximum absolute atomic E-state index is 12.1. The molecule has 0 heterocycles. The second-order valence-electron chi connectivity index (χ2n) is 4.78. The largest absolute Gasteiger partial charge is 0.446 e. The molecule has 5 nitrogen and oxygen atoms in total. The van der Waals surface area contributed by atoms with Crippen molar-refractivity contribution in [2.75, 3.05) is 0 Å². The summed E-state index contributed by atoms with van der Waals surface area (Å²) in [4.78, 5) is 11.6.